The lowest BCUT2D eigenvalue weighted by atomic mass is 9.98. The standard InChI is InChI=1S/C19H25NO/c1-4-12-21-18-7-5-6-17(14-18)19(20-3)13-16-10-8-15(2)9-11-16/h5-11,14,19-20H,4,12-13H2,1-3H3. The molecular formula is C19H25NO. The van der Waals surface area contributed by atoms with Gasteiger partial charge in [-0.1, -0.05) is 48.9 Å². The van der Waals surface area contributed by atoms with Crippen LogP contribution in [0.2, 0.25) is 0 Å². The number of likely N-dealkylation sites (N-methyl/N-ethyl adjacent to an activating group) is 1. The van der Waals surface area contributed by atoms with Gasteiger partial charge in [0.05, 0.1) is 6.61 Å². The number of hydrogen-bond acceptors (Lipinski definition) is 2. The third kappa shape index (κ3) is 4.61. The van der Waals surface area contributed by atoms with Gasteiger partial charge in [0.15, 0.2) is 0 Å². The molecule has 0 heterocycles. The summed E-state index contributed by atoms with van der Waals surface area (Å²) >= 11 is 0. The maximum absolute atomic E-state index is 5.73. The van der Waals surface area contributed by atoms with Crippen molar-refractivity contribution in [3.8, 4) is 5.75 Å². The first-order valence-corrected chi connectivity index (χ1v) is 7.68. The first-order chi connectivity index (χ1) is 10.2. The van der Waals surface area contributed by atoms with Crippen molar-refractivity contribution >= 4 is 0 Å². The van der Waals surface area contributed by atoms with Crippen LogP contribution in [0.1, 0.15) is 36.1 Å². The molecule has 112 valence electrons. The zero-order valence-electron chi connectivity index (χ0n) is 13.2. The Morgan fingerprint density at radius 1 is 1.10 bits per heavy atom. The van der Waals surface area contributed by atoms with E-state index in [9.17, 15) is 0 Å². The highest BCUT2D eigenvalue weighted by Gasteiger charge is 2.11. The average Bonchev–Trinajstić information content (AvgIpc) is 2.52. The van der Waals surface area contributed by atoms with E-state index in [2.05, 4.69) is 61.6 Å². The van der Waals surface area contributed by atoms with Crippen LogP contribution in [-0.2, 0) is 6.42 Å². The first kappa shape index (κ1) is 15.6. The Morgan fingerprint density at radius 3 is 2.52 bits per heavy atom. The Kier molecular flexibility index (Phi) is 5.82. The molecule has 0 spiro atoms. The molecule has 0 aliphatic heterocycles. The van der Waals surface area contributed by atoms with E-state index in [1.165, 1.54) is 16.7 Å². The van der Waals surface area contributed by atoms with Gasteiger partial charge in [0.2, 0.25) is 0 Å². The largest absolute Gasteiger partial charge is 0.494 e. The molecule has 0 aromatic heterocycles. The van der Waals surface area contributed by atoms with Gasteiger partial charge in [0.1, 0.15) is 5.75 Å². The normalized spacial score (nSPS) is 12.1. The zero-order chi connectivity index (χ0) is 15.1. The maximum atomic E-state index is 5.73. The van der Waals surface area contributed by atoms with E-state index in [1.54, 1.807) is 0 Å². The molecule has 2 nitrogen and oxygen atoms in total. The van der Waals surface area contributed by atoms with Crippen molar-refractivity contribution in [2.75, 3.05) is 13.7 Å². The van der Waals surface area contributed by atoms with Crippen molar-refractivity contribution in [1.82, 2.24) is 5.32 Å². The molecule has 0 saturated carbocycles. The second-order valence-electron chi connectivity index (χ2n) is 5.45. The summed E-state index contributed by atoms with van der Waals surface area (Å²) in [6.07, 6.45) is 2.01. The fourth-order valence-electron chi connectivity index (χ4n) is 2.39. The summed E-state index contributed by atoms with van der Waals surface area (Å²) in [5.74, 6) is 0.957. The number of aryl methyl sites for hydroxylation is 1. The first-order valence-electron chi connectivity index (χ1n) is 7.68. The molecule has 1 N–H and O–H groups in total. The highest BCUT2D eigenvalue weighted by Crippen LogP contribution is 2.22. The van der Waals surface area contributed by atoms with Crippen LogP contribution in [0.3, 0.4) is 0 Å². The van der Waals surface area contributed by atoms with E-state index in [0.29, 0.717) is 6.04 Å². The highest BCUT2D eigenvalue weighted by molar-refractivity contribution is 5.32. The zero-order valence-corrected chi connectivity index (χ0v) is 13.2. The minimum Gasteiger partial charge on any atom is -0.494 e. The van der Waals surface area contributed by atoms with Gasteiger partial charge in [-0.2, -0.15) is 0 Å². The molecule has 0 aliphatic carbocycles. The van der Waals surface area contributed by atoms with Crippen molar-refractivity contribution in [3.63, 3.8) is 0 Å². The van der Waals surface area contributed by atoms with Crippen LogP contribution in [0.15, 0.2) is 48.5 Å². The third-order valence-electron chi connectivity index (χ3n) is 3.64. The van der Waals surface area contributed by atoms with Gasteiger partial charge in [-0.15, -0.1) is 0 Å². The van der Waals surface area contributed by atoms with Crippen molar-refractivity contribution in [3.05, 3.63) is 65.2 Å². The Morgan fingerprint density at radius 2 is 1.86 bits per heavy atom. The molecule has 0 aliphatic rings. The Labute approximate surface area is 128 Å². The smallest absolute Gasteiger partial charge is 0.119 e. The van der Waals surface area contributed by atoms with Crippen LogP contribution in [0.25, 0.3) is 0 Å². The Bertz CT molecular complexity index is 548. The molecule has 21 heavy (non-hydrogen) atoms. The molecular weight excluding hydrogens is 258 g/mol. The predicted molar refractivity (Wildman–Crippen MR) is 88.9 cm³/mol. The second kappa shape index (κ2) is 7.84. The van der Waals surface area contributed by atoms with E-state index < -0.39 is 0 Å². The van der Waals surface area contributed by atoms with Crippen molar-refractivity contribution in [2.45, 2.75) is 32.7 Å². The molecule has 0 saturated heterocycles. The molecule has 2 aromatic rings. The number of benzene rings is 2. The summed E-state index contributed by atoms with van der Waals surface area (Å²) in [5, 5.41) is 3.41. The second-order valence-corrected chi connectivity index (χ2v) is 5.45. The Balaban J connectivity index is 2.11. The van der Waals surface area contributed by atoms with Gasteiger partial charge in [0, 0.05) is 6.04 Å². The quantitative estimate of drug-likeness (QED) is 0.818. The summed E-state index contributed by atoms with van der Waals surface area (Å²) in [6.45, 7) is 5.01. The Hall–Kier alpha value is -1.80. The van der Waals surface area contributed by atoms with Gasteiger partial charge in [0.25, 0.3) is 0 Å². The highest BCUT2D eigenvalue weighted by atomic mass is 16.5. The lowest BCUT2D eigenvalue weighted by Crippen LogP contribution is -2.18. The summed E-state index contributed by atoms with van der Waals surface area (Å²) in [5.41, 5.74) is 3.92. The van der Waals surface area contributed by atoms with Crippen LogP contribution in [0, 0.1) is 6.92 Å². The summed E-state index contributed by atoms with van der Waals surface area (Å²) in [6, 6.07) is 17.5. The van der Waals surface area contributed by atoms with Crippen LogP contribution in [0.5, 0.6) is 5.75 Å². The van der Waals surface area contributed by atoms with Crippen molar-refractivity contribution < 1.29 is 4.74 Å². The van der Waals surface area contributed by atoms with E-state index in [1.807, 2.05) is 13.1 Å². The van der Waals surface area contributed by atoms with E-state index in [0.717, 1.165) is 25.2 Å². The lowest BCUT2D eigenvalue weighted by Gasteiger charge is -2.18. The van der Waals surface area contributed by atoms with E-state index >= 15 is 0 Å². The molecule has 0 radical (unpaired) electrons. The predicted octanol–water partition coefficient (Wildman–Crippen LogP) is 4.29. The number of ether oxygens (including phenoxy) is 1. The average molecular weight is 283 g/mol. The van der Waals surface area contributed by atoms with Gasteiger partial charge >= 0.3 is 0 Å². The van der Waals surface area contributed by atoms with Crippen LogP contribution in [-0.4, -0.2) is 13.7 Å². The number of rotatable bonds is 7. The van der Waals surface area contributed by atoms with Gasteiger partial charge in [-0.05, 0) is 50.1 Å². The molecule has 1 unspecified atom stereocenters. The monoisotopic (exact) mass is 283 g/mol. The summed E-state index contributed by atoms with van der Waals surface area (Å²) in [4.78, 5) is 0. The fraction of sp³-hybridized carbons (Fsp3) is 0.368. The summed E-state index contributed by atoms with van der Waals surface area (Å²) in [7, 11) is 2.01. The fourth-order valence-corrected chi connectivity index (χ4v) is 2.39. The molecule has 0 bridgehead atoms. The molecule has 2 rings (SSSR count). The molecule has 2 heteroatoms. The SMILES string of the molecule is CCCOc1cccc(C(Cc2ccc(C)cc2)NC)c1. The van der Waals surface area contributed by atoms with Gasteiger partial charge < -0.3 is 10.1 Å². The maximum Gasteiger partial charge on any atom is 0.119 e. The third-order valence-corrected chi connectivity index (χ3v) is 3.64. The van der Waals surface area contributed by atoms with Crippen LogP contribution >= 0.6 is 0 Å². The van der Waals surface area contributed by atoms with Crippen LogP contribution < -0.4 is 10.1 Å². The molecule has 1 atom stereocenters. The summed E-state index contributed by atoms with van der Waals surface area (Å²) < 4.78 is 5.73. The lowest BCUT2D eigenvalue weighted by molar-refractivity contribution is 0.317. The van der Waals surface area contributed by atoms with Gasteiger partial charge in [-0.25, -0.2) is 0 Å². The van der Waals surface area contributed by atoms with E-state index in [-0.39, 0.29) is 0 Å². The van der Waals surface area contributed by atoms with E-state index in [4.69, 9.17) is 4.74 Å². The minimum absolute atomic E-state index is 0.304. The van der Waals surface area contributed by atoms with Crippen molar-refractivity contribution in [1.29, 1.82) is 0 Å². The number of hydrogen-bond donors (Lipinski definition) is 1. The minimum atomic E-state index is 0.304. The van der Waals surface area contributed by atoms with Crippen molar-refractivity contribution in [2.24, 2.45) is 0 Å². The number of nitrogens with one attached hydrogen (secondary N) is 1. The topological polar surface area (TPSA) is 21.3 Å². The molecule has 0 amide bonds. The molecule has 0 fully saturated rings. The van der Waals surface area contributed by atoms with Gasteiger partial charge in [-0.3, -0.25) is 0 Å². The molecule has 2 aromatic carbocycles. The van der Waals surface area contributed by atoms with Crippen LogP contribution in [0.4, 0.5) is 0 Å².